The van der Waals surface area contributed by atoms with Crippen LogP contribution in [0.1, 0.15) is 17.3 Å². The number of halogens is 1. The molecule has 1 saturated heterocycles. The number of nitrogens with zero attached hydrogens (tertiary/aromatic N) is 3. The highest BCUT2D eigenvalue weighted by atomic mass is 79.9. The van der Waals surface area contributed by atoms with Gasteiger partial charge in [-0.2, -0.15) is 0 Å². The largest absolute Gasteiger partial charge is 0.336 e. The Morgan fingerprint density at radius 1 is 1.35 bits per heavy atom. The minimum Gasteiger partial charge on any atom is -0.336 e. The molecule has 1 aliphatic rings. The SMILES string of the molecule is CCN1CCN(C(=O)c2cncc(Br)c2)CC1. The summed E-state index contributed by atoms with van der Waals surface area (Å²) in [5.74, 6) is 0.0783. The lowest BCUT2D eigenvalue weighted by Gasteiger charge is -2.34. The van der Waals surface area contributed by atoms with Gasteiger partial charge in [-0.05, 0) is 28.5 Å². The third kappa shape index (κ3) is 3.04. The maximum Gasteiger partial charge on any atom is 0.255 e. The summed E-state index contributed by atoms with van der Waals surface area (Å²) in [6.45, 7) is 6.74. The fraction of sp³-hybridized carbons (Fsp3) is 0.500. The molecule has 0 aromatic carbocycles. The van der Waals surface area contributed by atoms with Gasteiger partial charge in [0, 0.05) is 43.0 Å². The Morgan fingerprint density at radius 2 is 2.06 bits per heavy atom. The van der Waals surface area contributed by atoms with Crippen LogP contribution >= 0.6 is 15.9 Å². The van der Waals surface area contributed by atoms with Crippen LogP contribution in [0.2, 0.25) is 0 Å². The van der Waals surface area contributed by atoms with Crippen LogP contribution < -0.4 is 0 Å². The monoisotopic (exact) mass is 297 g/mol. The molecular weight excluding hydrogens is 282 g/mol. The van der Waals surface area contributed by atoms with Gasteiger partial charge in [0.2, 0.25) is 0 Å². The predicted octanol–water partition coefficient (Wildman–Crippen LogP) is 1.62. The van der Waals surface area contributed by atoms with E-state index in [4.69, 9.17) is 0 Å². The van der Waals surface area contributed by atoms with Crippen LogP contribution in [-0.4, -0.2) is 53.4 Å². The number of piperazine rings is 1. The second-order valence-electron chi connectivity index (χ2n) is 4.12. The molecular formula is C12H16BrN3O. The predicted molar refractivity (Wildman–Crippen MR) is 70.0 cm³/mol. The van der Waals surface area contributed by atoms with Crippen LogP contribution in [0.5, 0.6) is 0 Å². The minimum atomic E-state index is 0.0783. The van der Waals surface area contributed by atoms with Crippen LogP contribution in [0.4, 0.5) is 0 Å². The van der Waals surface area contributed by atoms with E-state index in [2.05, 4.69) is 32.7 Å². The number of amides is 1. The third-order valence-electron chi connectivity index (χ3n) is 3.06. The maximum atomic E-state index is 12.2. The van der Waals surface area contributed by atoms with E-state index >= 15 is 0 Å². The van der Waals surface area contributed by atoms with Gasteiger partial charge in [0.05, 0.1) is 5.56 Å². The summed E-state index contributed by atoms with van der Waals surface area (Å²) in [5, 5.41) is 0. The average molecular weight is 298 g/mol. The number of aromatic nitrogens is 1. The van der Waals surface area contributed by atoms with Crippen molar-refractivity contribution in [2.75, 3.05) is 32.7 Å². The molecule has 0 bridgehead atoms. The Labute approximate surface area is 110 Å². The first-order valence-corrected chi connectivity index (χ1v) is 6.62. The molecule has 1 amide bonds. The Morgan fingerprint density at radius 3 is 2.65 bits per heavy atom. The van der Waals surface area contributed by atoms with Crippen LogP contribution in [0.25, 0.3) is 0 Å². The molecule has 17 heavy (non-hydrogen) atoms. The van der Waals surface area contributed by atoms with Crippen molar-refractivity contribution >= 4 is 21.8 Å². The topological polar surface area (TPSA) is 36.4 Å². The van der Waals surface area contributed by atoms with Crippen molar-refractivity contribution in [3.05, 3.63) is 28.5 Å². The van der Waals surface area contributed by atoms with E-state index in [1.165, 1.54) is 0 Å². The minimum absolute atomic E-state index is 0.0783. The number of hydrogen-bond donors (Lipinski definition) is 0. The zero-order valence-electron chi connectivity index (χ0n) is 9.90. The van der Waals surface area contributed by atoms with Crippen LogP contribution in [-0.2, 0) is 0 Å². The number of carbonyl (C=O) groups excluding carboxylic acids is 1. The number of hydrogen-bond acceptors (Lipinski definition) is 3. The second-order valence-corrected chi connectivity index (χ2v) is 5.03. The molecule has 1 aliphatic heterocycles. The van der Waals surface area contributed by atoms with Crippen LogP contribution in [0.3, 0.4) is 0 Å². The number of pyridine rings is 1. The summed E-state index contributed by atoms with van der Waals surface area (Å²) < 4.78 is 0.843. The molecule has 0 atom stereocenters. The maximum absolute atomic E-state index is 12.2. The van der Waals surface area contributed by atoms with E-state index in [-0.39, 0.29) is 5.91 Å². The lowest BCUT2D eigenvalue weighted by Crippen LogP contribution is -2.48. The highest BCUT2D eigenvalue weighted by molar-refractivity contribution is 9.10. The first-order valence-electron chi connectivity index (χ1n) is 5.83. The number of carbonyl (C=O) groups is 1. The van der Waals surface area contributed by atoms with Crippen molar-refractivity contribution in [1.29, 1.82) is 0 Å². The smallest absolute Gasteiger partial charge is 0.255 e. The van der Waals surface area contributed by atoms with Gasteiger partial charge in [-0.15, -0.1) is 0 Å². The third-order valence-corrected chi connectivity index (χ3v) is 3.49. The van der Waals surface area contributed by atoms with Crippen molar-refractivity contribution in [3.63, 3.8) is 0 Å². The summed E-state index contributed by atoms with van der Waals surface area (Å²) in [6.07, 6.45) is 3.31. The first kappa shape index (κ1) is 12.5. The molecule has 1 aromatic rings. The molecule has 5 heteroatoms. The standard InChI is InChI=1S/C12H16BrN3O/c1-2-15-3-5-16(6-4-15)12(17)10-7-11(13)9-14-8-10/h7-9H,2-6H2,1H3. The van der Waals surface area contributed by atoms with Gasteiger partial charge in [-0.1, -0.05) is 6.92 Å². The molecule has 0 unspecified atom stereocenters. The highest BCUT2D eigenvalue weighted by Gasteiger charge is 2.21. The lowest BCUT2D eigenvalue weighted by molar-refractivity contribution is 0.0643. The van der Waals surface area contributed by atoms with Crippen molar-refractivity contribution < 1.29 is 4.79 Å². The Balaban J connectivity index is 2.02. The Hall–Kier alpha value is -0.940. The van der Waals surface area contributed by atoms with Gasteiger partial charge < -0.3 is 9.80 Å². The first-order chi connectivity index (χ1) is 8.20. The normalized spacial score (nSPS) is 17.2. The van der Waals surface area contributed by atoms with E-state index in [9.17, 15) is 4.79 Å². The van der Waals surface area contributed by atoms with Gasteiger partial charge >= 0.3 is 0 Å². The molecule has 2 heterocycles. The molecule has 1 fully saturated rings. The lowest BCUT2D eigenvalue weighted by atomic mass is 10.2. The molecule has 0 saturated carbocycles. The van der Waals surface area contributed by atoms with E-state index in [0.717, 1.165) is 37.2 Å². The van der Waals surface area contributed by atoms with Crippen molar-refractivity contribution in [2.45, 2.75) is 6.92 Å². The van der Waals surface area contributed by atoms with Gasteiger partial charge in [0.1, 0.15) is 0 Å². The van der Waals surface area contributed by atoms with E-state index in [0.29, 0.717) is 5.56 Å². The highest BCUT2D eigenvalue weighted by Crippen LogP contribution is 2.13. The van der Waals surface area contributed by atoms with Crippen LogP contribution in [0, 0.1) is 0 Å². The number of rotatable bonds is 2. The second kappa shape index (κ2) is 5.60. The molecule has 0 radical (unpaired) electrons. The summed E-state index contributed by atoms with van der Waals surface area (Å²) >= 11 is 3.33. The molecule has 4 nitrogen and oxygen atoms in total. The molecule has 0 aliphatic carbocycles. The summed E-state index contributed by atoms with van der Waals surface area (Å²) in [5.41, 5.74) is 0.657. The molecule has 2 rings (SSSR count). The van der Waals surface area contributed by atoms with Gasteiger partial charge in [-0.3, -0.25) is 9.78 Å². The molecule has 0 spiro atoms. The summed E-state index contributed by atoms with van der Waals surface area (Å²) in [6, 6.07) is 1.82. The molecule has 92 valence electrons. The van der Waals surface area contributed by atoms with Gasteiger partial charge in [0.15, 0.2) is 0 Å². The Bertz CT molecular complexity index is 402. The van der Waals surface area contributed by atoms with Crippen molar-refractivity contribution in [1.82, 2.24) is 14.8 Å². The fourth-order valence-corrected chi connectivity index (χ4v) is 2.34. The summed E-state index contributed by atoms with van der Waals surface area (Å²) in [7, 11) is 0. The molecule has 0 N–H and O–H groups in total. The van der Waals surface area contributed by atoms with Crippen molar-refractivity contribution in [2.24, 2.45) is 0 Å². The average Bonchev–Trinajstić information content (AvgIpc) is 2.38. The fourth-order valence-electron chi connectivity index (χ4n) is 1.98. The zero-order valence-corrected chi connectivity index (χ0v) is 11.5. The molecule has 1 aromatic heterocycles. The van der Waals surface area contributed by atoms with E-state index in [1.54, 1.807) is 12.4 Å². The quantitative estimate of drug-likeness (QED) is 0.832. The Kier molecular flexibility index (Phi) is 4.12. The number of likely N-dealkylation sites (N-methyl/N-ethyl adjacent to an activating group) is 1. The van der Waals surface area contributed by atoms with E-state index in [1.807, 2.05) is 11.0 Å². The van der Waals surface area contributed by atoms with Crippen LogP contribution in [0.15, 0.2) is 22.9 Å². The van der Waals surface area contributed by atoms with E-state index < -0.39 is 0 Å². The summed E-state index contributed by atoms with van der Waals surface area (Å²) in [4.78, 5) is 20.5. The van der Waals surface area contributed by atoms with Gasteiger partial charge in [-0.25, -0.2) is 0 Å². The zero-order chi connectivity index (χ0) is 12.3. The van der Waals surface area contributed by atoms with Crippen molar-refractivity contribution in [3.8, 4) is 0 Å². The van der Waals surface area contributed by atoms with Gasteiger partial charge in [0.25, 0.3) is 5.91 Å².